The van der Waals surface area contributed by atoms with Crippen LogP contribution in [0.2, 0.25) is 0 Å². The number of amides is 1. The predicted octanol–water partition coefficient (Wildman–Crippen LogP) is 5.53. The molecule has 5 heterocycles. The van der Waals surface area contributed by atoms with Gasteiger partial charge in [-0.2, -0.15) is 5.26 Å². The Morgan fingerprint density at radius 3 is 2.82 bits per heavy atom. The number of ether oxygens (including phenoxy) is 3. The van der Waals surface area contributed by atoms with Gasteiger partial charge in [0.25, 0.3) is 5.91 Å². The summed E-state index contributed by atoms with van der Waals surface area (Å²) in [4.78, 5) is 22.3. The minimum absolute atomic E-state index is 0.0313. The number of alkyl halides is 1. The molecule has 2 saturated heterocycles. The second-order valence-corrected chi connectivity index (χ2v) is 12.1. The zero-order valence-electron chi connectivity index (χ0n) is 24.5. The van der Waals surface area contributed by atoms with Gasteiger partial charge in [0.05, 0.1) is 31.5 Å². The van der Waals surface area contributed by atoms with Crippen LogP contribution in [0.15, 0.2) is 53.2 Å². The molecule has 10 nitrogen and oxygen atoms in total. The molecule has 2 aliphatic heterocycles. The average molecular weight is 708 g/mol. The molecule has 44 heavy (non-hydrogen) atoms. The van der Waals surface area contributed by atoms with Gasteiger partial charge in [-0.3, -0.25) is 9.78 Å². The van der Waals surface area contributed by atoms with Gasteiger partial charge in [-0.05, 0) is 59.6 Å². The van der Waals surface area contributed by atoms with Crippen molar-refractivity contribution < 1.29 is 23.4 Å². The third-order valence-electron chi connectivity index (χ3n) is 8.27. The molecule has 11 heteroatoms. The number of pyridine rings is 2. The minimum atomic E-state index is -0.180. The van der Waals surface area contributed by atoms with Crippen molar-refractivity contribution in [3.05, 3.63) is 59.9 Å². The molecule has 0 bridgehead atoms. The van der Waals surface area contributed by atoms with Crippen LogP contribution in [0.1, 0.15) is 41.6 Å². The van der Waals surface area contributed by atoms with E-state index in [1.807, 2.05) is 24.3 Å². The average Bonchev–Trinajstić information content (AvgIpc) is 3.51. The van der Waals surface area contributed by atoms with E-state index in [0.29, 0.717) is 64.3 Å². The second kappa shape index (κ2) is 13.9. The van der Waals surface area contributed by atoms with E-state index >= 15 is 0 Å². The molecule has 3 aromatic heterocycles. The Labute approximate surface area is 269 Å². The molecule has 4 aromatic rings. The number of fused-ring (bicyclic) bond motifs is 1. The number of hydrogen-bond donors (Lipinski definition) is 2. The molecule has 2 atom stereocenters. The number of nitriles is 1. The smallest absolute Gasteiger partial charge is 0.253 e. The summed E-state index contributed by atoms with van der Waals surface area (Å²) in [6.07, 6.45) is 7.00. The first kappa shape index (κ1) is 30.3. The van der Waals surface area contributed by atoms with Gasteiger partial charge in [0.1, 0.15) is 34.9 Å². The van der Waals surface area contributed by atoms with Crippen molar-refractivity contribution in [2.75, 3.05) is 37.8 Å². The van der Waals surface area contributed by atoms with Crippen molar-refractivity contribution in [1.29, 1.82) is 5.26 Å². The standard InChI is InChI=1S/C33H34IN5O5/c1-41-29-15-23(33(40)39-27-19-36-10-5-20(27)4-9-34)18-38-31(29)30-16-26-32(44-30)25(6-11-37-26)21-2-3-28(22(14-21)17-35)43-24-7-12-42-13-8-24/h2-3,6,11,14-16,18,20,24,27,36H,4-5,7-10,12-13,19H2,1H3,(H,39,40). The van der Waals surface area contributed by atoms with E-state index in [1.54, 1.807) is 31.6 Å². The molecule has 6 rings (SSSR count). The van der Waals surface area contributed by atoms with Gasteiger partial charge >= 0.3 is 0 Å². The van der Waals surface area contributed by atoms with Gasteiger partial charge in [-0.1, -0.05) is 28.7 Å². The van der Waals surface area contributed by atoms with Crippen LogP contribution in [0.3, 0.4) is 0 Å². The second-order valence-electron chi connectivity index (χ2n) is 11.0. The third-order valence-corrected chi connectivity index (χ3v) is 8.90. The maximum absolute atomic E-state index is 13.2. The van der Waals surface area contributed by atoms with E-state index in [9.17, 15) is 10.1 Å². The molecule has 0 aliphatic carbocycles. The topological polar surface area (TPSA) is 132 Å². The first-order chi connectivity index (χ1) is 21.6. The van der Waals surface area contributed by atoms with Crippen LogP contribution in [0.4, 0.5) is 0 Å². The molecule has 0 saturated carbocycles. The van der Waals surface area contributed by atoms with Crippen LogP contribution in [0.25, 0.3) is 33.7 Å². The molecule has 1 aromatic carbocycles. The number of methoxy groups -OCH3 is 1. The van der Waals surface area contributed by atoms with Crippen LogP contribution in [-0.4, -0.2) is 65.9 Å². The summed E-state index contributed by atoms with van der Waals surface area (Å²) in [6.45, 7) is 3.05. The number of furan rings is 1. The van der Waals surface area contributed by atoms with Gasteiger partial charge in [-0.25, -0.2) is 4.98 Å². The number of carbonyl (C=O) groups excluding carboxylic acids is 1. The quantitative estimate of drug-likeness (QED) is 0.170. The molecular weight excluding hydrogens is 673 g/mol. The lowest BCUT2D eigenvalue weighted by Gasteiger charge is -2.32. The Morgan fingerprint density at radius 1 is 1.16 bits per heavy atom. The lowest BCUT2D eigenvalue weighted by Crippen LogP contribution is -2.51. The number of nitrogens with one attached hydrogen (secondary N) is 2. The largest absolute Gasteiger partial charge is 0.494 e. The summed E-state index contributed by atoms with van der Waals surface area (Å²) < 4.78 is 24.6. The summed E-state index contributed by atoms with van der Waals surface area (Å²) in [7, 11) is 1.55. The number of benzene rings is 1. The zero-order chi connectivity index (χ0) is 30.5. The number of nitrogens with zero attached hydrogens (tertiary/aromatic N) is 3. The Bertz CT molecular complexity index is 1680. The summed E-state index contributed by atoms with van der Waals surface area (Å²) in [6, 6.07) is 13.3. The monoisotopic (exact) mass is 707 g/mol. The van der Waals surface area contributed by atoms with Gasteiger partial charge in [0.15, 0.2) is 11.3 Å². The molecule has 2 fully saturated rings. The molecule has 2 N–H and O–H groups in total. The van der Waals surface area contributed by atoms with Crippen LogP contribution >= 0.6 is 22.6 Å². The normalized spacial score (nSPS) is 18.9. The zero-order valence-corrected chi connectivity index (χ0v) is 26.6. The van der Waals surface area contributed by atoms with E-state index in [0.717, 1.165) is 54.3 Å². The lowest BCUT2D eigenvalue weighted by molar-refractivity contribution is 0.0254. The highest BCUT2D eigenvalue weighted by atomic mass is 127. The fourth-order valence-electron chi connectivity index (χ4n) is 5.87. The van der Waals surface area contributed by atoms with Crippen LogP contribution < -0.4 is 20.1 Å². The maximum atomic E-state index is 13.2. The predicted molar refractivity (Wildman–Crippen MR) is 174 cm³/mol. The van der Waals surface area contributed by atoms with Crippen molar-refractivity contribution in [3.63, 3.8) is 0 Å². The summed E-state index contributed by atoms with van der Waals surface area (Å²) in [5.41, 5.74) is 4.12. The van der Waals surface area contributed by atoms with Crippen molar-refractivity contribution in [2.24, 2.45) is 5.92 Å². The summed E-state index contributed by atoms with van der Waals surface area (Å²) in [5.74, 6) is 1.71. The van der Waals surface area contributed by atoms with E-state index in [2.05, 4.69) is 49.3 Å². The third kappa shape index (κ3) is 6.52. The van der Waals surface area contributed by atoms with Gasteiger partial charge in [0, 0.05) is 49.5 Å². The number of halogens is 1. The molecule has 228 valence electrons. The molecule has 2 aliphatic rings. The number of rotatable bonds is 9. The van der Waals surface area contributed by atoms with Gasteiger partial charge in [0.2, 0.25) is 0 Å². The Hall–Kier alpha value is -3.73. The van der Waals surface area contributed by atoms with Gasteiger partial charge < -0.3 is 29.3 Å². The highest BCUT2D eigenvalue weighted by molar-refractivity contribution is 14.1. The molecule has 0 spiro atoms. The van der Waals surface area contributed by atoms with Gasteiger partial charge in [-0.15, -0.1) is 0 Å². The summed E-state index contributed by atoms with van der Waals surface area (Å²) in [5, 5.41) is 16.5. The number of piperidine rings is 1. The Kier molecular flexibility index (Phi) is 9.59. The fraction of sp³-hybridized carbons (Fsp3) is 0.394. The van der Waals surface area contributed by atoms with Crippen LogP contribution in [0.5, 0.6) is 11.5 Å². The Morgan fingerprint density at radius 2 is 2.02 bits per heavy atom. The highest BCUT2D eigenvalue weighted by Crippen LogP contribution is 2.37. The van der Waals surface area contributed by atoms with E-state index in [-0.39, 0.29) is 18.1 Å². The minimum Gasteiger partial charge on any atom is -0.494 e. The first-order valence-electron chi connectivity index (χ1n) is 14.9. The first-order valence-corrected chi connectivity index (χ1v) is 16.4. The number of aromatic nitrogens is 2. The fourth-order valence-corrected chi connectivity index (χ4v) is 6.67. The lowest BCUT2D eigenvalue weighted by atomic mass is 9.90. The van der Waals surface area contributed by atoms with Crippen LogP contribution in [0, 0.1) is 17.2 Å². The van der Waals surface area contributed by atoms with Crippen LogP contribution in [-0.2, 0) is 4.74 Å². The van der Waals surface area contributed by atoms with Crippen molar-refractivity contribution >= 4 is 39.6 Å². The maximum Gasteiger partial charge on any atom is 0.253 e. The van der Waals surface area contributed by atoms with Crippen molar-refractivity contribution in [3.8, 4) is 40.1 Å². The molecule has 2 unspecified atom stereocenters. The molecule has 1 amide bonds. The molecular formula is C33H34IN5O5. The van der Waals surface area contributed by atoms with Crippen molar-refractivity contribution in [1.82, 2.24) is 20.6 Å². The number of carbonyl (C=O) groups is 1. The SMILES string of the molecule is COc1cc(C(=O)NC2CNCCC2CCI)cnc1-c1cc2nccc(-c3ccc(OC4CCOCC4)c(C#N)c3)c2o1. The summed E-state index contributed by atoms with van der Waals surface area (Å²) >= 11 is 2.39. The highest BCUT2D eigenvalue weighted by Gasteiger charge is 2.27. The van der Waals surface area contributed by atoms with E-state index in [4.69, 9.17) is 18.6 Å². The van der Waals surface area contributed by atoms with E-state index in [1.165, 1.54) is 0 Å². The molecule has 0 radical (unpaired) electrons. The van der Waals surface area contributed by atoms with Crippen molar-refractivity contribution in [2.45, 2.75) is 37.8 Å². The Balaban J connectivity index is 1.26. The number of hydrogen-bond acceptors (Lipinski definition) is 9. The van der Waals surface area contributed by atoms with E-state index < -0.39 is 0 Å².